The fourth-order valence-corrected chi connectivity index (χ4v) is 2.82. The lowest BCUT2D eigenvalue weighted by Gasteiger charge is -2.35. The molecule has 1 atom stereocenters. The highest BCUT2D eigenvalue weighted by molar-refractivity contribution is 5.70. The quantitative estimate of drug-likeness (QED) is 0.776. The number of hydrogen-bond acceptors (Lipinski definition) is 4. The van der Waals surface area contributed by atoms with Crippen molar-refractivity contribution in [1.29, 1.82) is 0 Å². The van der Waals surface area contributed by atoms with Gasteiger partial charge in [-0.05, 0) is 51.8 Å². The number of ether oxygens (including phenoxy) is 3. The Bertz CT molecular complexity index is 606. The van der Waals surface area contributed by atoms with E-state index in [2.05, 4.69) is 6.08 Å². The number of methoxy groups -OCH3 is 2. The predicted octanol–water partition coefficient (Wildman–Crippen LogP) is 4.25. The Morgan fingerprint density at radius 3 is 2.25 bits per heavy atom. The minimum atomic E-state index is -0.537. The second-order valence-corrected chi connectivity index (χ2v) is 6.92. The molecule has 1 aromatic carbocycles. The molecule has 1 unspecified atom stereocenters. The van der Waals surface area contributed by atoms with E-state index in [1.807, 2.05) is 45.9 Å². The molecule has 0 N–H and O–H groups in total. The van der Waals surface area contributed by atoms with Crippen molar-refractivity contribution < 1.29 is 19.0 Å². The zero-order chi connectivity index (χ0) is 17.9. The lowest BCUT2D eigenvalue weighted by atomic mass is 9.98. The zero-order valence-electron chi connectivity index (χ0n) is 15.4. The average molecular weight is 333 g/mol. The molecule has 1 aliphatic rings. The van der Waals surface area contributed by atoms with Gasteiger partial charge in [0.2, 0.25) is 0 Å². The molecule has 0 fully saturated rings. The van der Waals surface area contributed by atoms with Gasteiger partial charge in [0.05, 0.1) is 25.8 Å². The van der Waals surface area contributed by atoms with E-state index in [4.69, 9.17) is 14.2 Å². The van der Waals surface area contributed by atoms with E-state index in [0.29, 0.717) is 18.0 Å². The van der Waals surface area contributed by atoms with Crippen molar-refractivity contribution in [2.45, 2.75) is 45.8 Å². The summed E-state index contributed by atoms with van der Waals surface area (Å²) >= 11 is 0. The van der Waals surface area contributed by atoms with Crippen molar-refractivity contribution in [1.82, 2.24) is 4.90 Å². The molecule has 0 aromatic heterocycles. The maximum Gasteiger partial charge on any atom is 0.411 e. The van der Waals surface area contributed by atoms with Gasteiger partial charge < -0.3 is 14.2 Å². The highest BCUT2D eigenvalue weighted by Gasteiger charge is 2.33. The van der Waals surface area contributed by atoms with Gasteiger partial charge in [0, 0.05) is 6.54 Å². The van der Waals surface area contributed by atoms with Crippen molar-refractivity contribution in [3.8, 4) is 11.5 Å². The number of carbonyl (C=O) groups excluding carboxylic acids is 1. The third kappa shape index (κ3) is 4.02. The average Bonchev–Trinajstić information content (AvgIpc) is 2.52. The Morgan fingerprint density at radius 2 is 1.75 bits per heavy atom. The fraction of sp³-hybridized carbons (Fsp3) is 0.526. The van der Waals surface area contributed by atoms with Crippen LogP contribution in [0, 0.1) is 6.92 Å². The predicted molar refractivity (Wildman–Crippen MR) is 93.7 cm³/mol. The van der Waals surface area contributed by atoms with Gasteiger partial charge in [-0.25, -0.2) is 4.79 Å². The van der Waals surface area contributed by atoms with Crippen molar-refractivity contribution in [2.75, 3.05) is 20.8 Å². The molecular weight excluding hydrogens is 306 g/mol. The largest absolute Gasteiger partial charge is 0.496 e. The lowest BCUT2D eigenvalue weighted by molar-refractivity contribution is 0.0187. The van der Waals surface area contributed by atoms with E-state index in [0.717, 1.165) is 17.5 Å². The van der Waals surface area contributed by atoms with Gasteiger partial charge in [0.25, 0.3) is 0 Å². The molecule has 5 heteroatoms. The minimum Gasteiger partial charge on any atom is -0.496 e. The summed E-state index contributed by atoms with van der Waals surface area (Å²) in [5.41, 5.74) is 1.34. The highest BCUT2D eigenvalue weighted by Crippen LogP contribution is 2.40. The van der Waals surface area contributed by atoms with Crippen LogP contribution in [0.4, 0.5) is 4.79 Å². The highest BCUT2D eigenvalue weighted by atomic mass is 16.6. The standard InChI is InChI=1S/C19H27NO4/c1-13-11-15(22-5)17(16(12-13)23-6)14-9-7-8-10-20(14)18(21)24-19(2,3)4/h7,9,11-12,14H,8,10H2,1-6H3. The molecule has 0 radical (unpaired) electrons. The molecule has 1 heterocycles. The van der Waals surface area contributed by atoms with Crippen LogP contribution in [0.25, 0.3) is 0 Å². The Morgan fingerprint density at radius 1 is 1.17 bits per heavy atom. The number of amides is 1. The molecule has 5 nitrogen and oxygen atoms in total. The first kappa shape index (κ1) is 18.2. The molecule has 1 aliphatic heterocycles. The van der Waals surface area contributed by atoms with E-state index in [1.165, 1.54) is 0 Å². The van der Waals surface area contributed by atoms with Crippen LogP contribution in [-0.4, -0.2) is 37.4 Å². The van der Waals surface area contributed by atoms with E-state index in [1.54, 1.807) is 19.1 Å². The van der Waals surface area contributed by atoms with Gasteiger partial charge in [0.15, 0.2) is 0 Å². The molecule has 0 aliphatic carbocycles. The Balaban J connectivity index is 2.46. The van der Waals surface area contributed by atoms with Crippen molar-refractivity contribution in [3.63, 3.8) is 0 Å². The second kappa shape index (κ2) is 7.16. The summed E-state index contributed by atoms with van der Waals surface area (Å²) in [5, 5.41) is 0. The first-order valence-corrected chi connectivity index (χ1v) is 8.15. The van der Waals surface area contributed by atoms with Crippen LogP contribution in [0.5, 0.6) is 11.5 Å². The number of carbonyl (C=O) groups is 1. The number of benzene rings is 1. The van der Waals surface area contributed by atoms with Crippen molar-refractivity contribution in [2.24, 2.45) is 0 Å². The summed E-state index contributed by atoms with van der Waals surface area (Å²) in [7, 11) is 3.25. The van der Waals surface area contributed by atoms with Gasteiger partial charge in [-0.3, -0.25) is 4.90 Å². The van der Waals surface area contributed by atoms with Crippen molar-refractivity contribution in [3.05, 3.63) is 35.4 Å². The fourth-order valence-electron chi connectivity index (χ4n) is 2.82. The topological polar surface area (TPSA) is 48.0 Å². The summed E-state index contributed by atoms with van der Waals surface area (Å²) in [5.74, 6) is 1.41. The molecule has 1 aromatic rings. The first-order valence-electron chi connectivity index (χ1n) is 8.15. The molecule has 0 saturated heterocycles. The molecule has 1 amide bonds. The number of aryl methyl sites for hydroxylation is 1. The molecule has 24 heavy (non-hydrogen) atoms. The summed E-state index contributed by atoms with van der Waals surface area (Å²) < 4.78 is 16.7. The van der Waals surface area contributed by atoms with E-state index >= 15 is 0 Å². The Hall–Kier alpha value is -2.17. The summed E-state index contributed by atoms with van der Waals surface area (Å²) in [6.07, 6.45) is 4.54. The van der Waals surface area contributed by atoms with Gasteiger partial charge in [-0.15, -0.1) is 0 Å². The molecule has 0 spiro atoms. The van der Waals surface area contributed by atoms with Crippen LogP contribution in [-0.2, 0) is 4.74 Å². The SMILES string of the molecule is COc1cc(C)cc(OC)c1C1C=CCCN1C(=O)OC(C)(C)C. The Kier molecular flexibility index (Phi) is 5.42. The third-order valence-corrected chi connectivity index (χ3v) is 3.80. The summed E-state index contributed by atoms with van der Waals surface area (Å²) in [6, 6.07) is 3.63. The molecule has 0 saturated carbocycles. The normalized spacial score (nSPS) is 17.6. The zero-order valence-corrected chi connectivity index (χ0v) is 15.4. The number of rotatable bonds is 3. The summed E-state index contributed by atoms with van der Waals surface area (Å²) in [6.45, 7) is 8.18. The van der Waals surface area contributed by atoms with E-state index < -0.39 is 5.60 Å². The first-order chi connectivity index (χ1) is 11.3. The van der Waals surface area contributed by atoms with Gasteiger partial charge in [-0.2, -0.15) is 0 Å². The maximum atomic E-state index is 12.7. The summed E-state index contributed by atoms with van der Waals surface area (Å²) in [4.78, 5) is 14.4. The second-order valence-electron chi connectivity index (χ2n) is 6.92. The lowest BCUT2D eigenvalue weighted by Crippen LogP contribution is -2.40. The molecule has 2 rings (SSSR count). The van der Waals surface area contributed by atoms with Crippen molar-refractivity contribution >= 4 is 6.09 Å². The smallest absolute Gasteiger partial charge is 0.411 e. The third-order valence-electron chi connectivity index (χ3n) is 3.80. The Labute approximate surface area is 144 Å². The molecule has 0 bridgehead atoms. The maximum absolute atomic E-state index is 12.7. The van der Waals surface area contributed by atoms with Crippen LogP contribution >= 0.6 is 0 Å². The number of nitrogens with zero attached hydrogens (tertiary/aromatic N) is 1. The molecular formula is C19H27NO4. The monoisotopic (exact) mass is 333 g/mol. The van der Waals surface area contributed by atoms with Crippen LogP contribution in [0.1, 0.15) is 44.4 Å². The van der Waals surface area contributed by atoms with Crippen LogP contribution in [0.2, 0.25) is 0 Å². The molecule has 132 valence electrons. The van der Waals surface area contributed by atoms with Gasteiger partial charge >= 0.3 is 6.09 Å². The van der Waals surface area contributed by atoms with E-state index in [9.17, 15) is 4.79 Å². The van der Waals surface area contributed by atoms with Crippen LogP contribution < -0.4 is 9.47 Å². The van der Waals surface area contributed by atoms with Gasteiger partial charge in [-0.1, -0.05) is 12.2 Å². The van der Waals surface area contributed by atoms with E-state index in [-0.39, 0.29) is 12.1 Å². The van der Waals surface area contributed by atoms with Gasteiger partial charge in [0.1, 0.15) is 17.1 Å². The number of hydrogen-bond donors (Lipinski definition) is 0. The van der Waals surface area contributed by atoms with Crippen LogP contribution in [0.15, 0.2) is 24.3 Å². The van der Waals surface area contributed by atoms with Crippen LogP contribution in [0.3, 0.4) is 0 Å². The minimum absolute atomic E-state index is 0.279.